The first-order valence-corrected chi connectivity index (χ1v) is 7.53. The molecule has 0 spiro atoms. The number of hydrogen-bond acceptors (Lipinski definition) is 3. The van der Waals surface area contributed by atoms with Gasteiger partial charge in [-0.2, -0.15) is 0 Å². The first-order chi connectivity index (χ1) is 8.37. The Bertz CT molecular complexity index is 358. The fourth-order valence-electron chi connectivity index (χ4n) is 1.49. The molecule has 0 bridgehead atoms. The Kier molecular flexibility index (Phi) is 6.19. The summed E-state index contributed by atoms with van der Waals surface area (Å²) in [5.41, 5.74) is 0.751. The van der Waals surface area contributed by atoms with Gasteiger partial charge in [-0.05, 0) is 38.0 Å². The van der Waals surface area contributed by atoms with Gasteiger partial charge in [0.05, 0.1) is 5.60 Å². The van der Waals surface area contributed by atoms with Gasteiger partial charge in [0, 0.05) is 23.2 Å². The van der Waals surface area contributed by atoms with Gasteiger partial charge in [0.1, 0.15) is 0 Å². The molecule has 1 aromatic carbocycles. The van der Waals surface area contributed by atoms with E-state index in [9.17, 15) is 5.11 Å². The predicted molar refractivity (Wildman–Crippen MR) is 80.1 cm³/mol. The van der Waals surface area contributed by atoms with E-state index < -0.39 is 5.60 Å². The number of thioether (sulfide) groups is 1. The minimum atomic E-state index is -0.566. The van der Waals surface area contributed by atoms with Crippen molar-refractivity contribution >= 4 is 11.8 Å². The lowest BCUT2D eigenvalue weighted by Gasteiger charge is -2.16. The van der Waals surface area contributed by atoms with Crippen LogP contribution in [0.25, 0.3) is 0 Å². The van der Waals surface area contributed by atoms with E-state index in [2.05, 4.69) is 43.4 Å². The summed E-state index contributed by atoms with van der Waals surface area (Å²) in [5, 5.41) is 13.1. The Labute approximate surface area is 115 Å². The van der Waals surface area contributed by atoms with Gasteiger partial charge < -0.3 is 10.4 Å². The molecule has 0 atom stereocenters. The Morgan fingerprint density at radius 3 is 2.67 bits per heavy atom. The molecule has 2 N–H and O–H groups in total. The van der Waals surface area contributed by atoms with Gasteiger partial charge in [-0.15, -0.1) is 11.8 Å². The first-order valence-electron chi connectivity index (χ1n) is 6.54. The highest BCUT2D eigenvalue weighted by Crippen LogP contribution is 2.22. The molecular formula is C15H25NOS. The van der Waals surface area contributed by atoms with Gasteiger partial charge in [-0.25, -0.2) is 0 Å². The van der Waals surface area contributed by atoms with Crippen LogP contribution in [0.4, 0.5) is 0 Å². The van der Waals surface area contributed by atoms with Crippen molar-refractivity contribution in [1.29, 1.82) is 0 Å². The monoisotopic (exact) mass is 267 g/mol. The summed E-state index contributed by atoms with van der Waals surface area (Å²) < 4.78 is 0. The summed E-state index contributed by atoms with van der Waals surface area (Å²) in [5.74, 6) is 0.949. The topological polar surface area (TPSA) is 32.3 Å². The van der Waals surface area contributed by atoms with Crippen LogP contribution in [0, 0.1) is 0 Å². The molecule has 0 saturated heterocycles. The molecule has 102 valence electrons. The molecule has 0 heterocycles. The Morgan fingerprint density at radius 2 is 2.06 bits per heavy atom. The second kappa shape index (κ2) is 7.17. The van der Waals surface area contributed by atoms with Crippen molar-refractivity contribution in [2.75, 3.05) is 5.75 Å². The van der Waals surface area contributed by atoms with Gasteiger partial charge in [-0.1, -0.05) is 26.0 Å². The molecule has 0 amide bonds. The zero-order valence-electron chi connectivity index (χ0n) is 11.9. The molecule has 0 aliphatic carbocycles. The van der Waals surface area contributed by atoms with Crippen molar-refractivity contribution in [2.45, 2.75) is 57.2 Å². The van der Waals surface area contributed by atoms with E-state index in [1.807, 2.05) is 25.6 Å². The van der Waals surface area contributed by atoms with Gasteiger partial charge in [0.25, 0.3) is 0 Å². The van der Waals surface area contributed by atoms with Gasteiger partial charge in [-0.3, -0.25) is 0 Å². The number of rotatable bonds is 7. The average Bonchev–Trinajstić information content (AvgIpc) is 2.25. The summed E-state index contributed by atoms with van der Waals surface area (Å²) in [6, 6.07) is 9.12. The second-order valence-electron chi connectivity index (χ2n) is 5.59. The van der Waals surface area contributed by atoms with Crippen molar-refractivity contribution in [1.82, 2.24) is 5.32 Å². The minimum Gasteiger partial charge on any atom is -0.390 e. The third-order valence-electron chi connectivity index (χ3n) is 2.60. The zero-order valence-corrected chi connectivity index (χ0v) is 12.7. The molecule has 0 fully saturated rings. The largest absolute Gasteiger partial charge is 0.390 e. The molecule has 2 nitrogen and oxygen atoms in total. The molecule has 0 aliphatic rings. The van der Waals surface area contributed by atoms with Crippen LogP contribution in [-0.2, 0) is 6.54 Å². The number of hydrogen-bond donors (Lipinski definition) is 2. The van der Waals surface area contributed by atoms with Crippen LogP contribution in [0.15, 0.2) is 29.2 Å². The molecule has 0 aromatic heterocycles. The quantitative estimate of drug-likeness (QED) is 0.742. The highest BCUT2D eigenvalue weighted by molar-refractivity contribution is 7.99. The minimum absolute atomic E-state index is 0.511. The summed E-state index contributed by atoms with van der Waals surface area (Å²) >= 11 is 1.81. The number of nitrogens with one attached hydrogen (secondary N) is 1. The van der Waals surface area contributed by atoms with Crippen LogP contribution in [0.5, 0.6) is 0 Å². The third kappa shape index (κ3) is 7.04. The molecule has 0 unspecified atom stereocenters. The molecule has 0 radical (unpaired) electrons. The molecule has 18 heavy (non-hydrogen) atoms. The Hall–Kier alpha value is -0.510. The van der Waals surface area contributed by atoms with Gasteiger partial charge in [0.15, 0.2) is 0 Å². The Morgan fingerprint density at radius 1 is 1.33 bits per heavy atom. The predicted octanol–water partition coefficient (Wildman–Crippen LogP) is 3.44. The van der Waals surface area contributed by atoms with Crippen molar-refractivity contribution in [2.24, 2.45) is 0 Å². The van der Waals surface area contributed by atoms with Crippen molar-refractivity contribution in [3.05, 3.63) is 29.8 Å². The summed E-state index contributed by atoms with van der Waals surface area (Å²) in [4.78, 5) is 1.28. The molecule has 1 rings (SSSR count). The van der Waals surface area contributed by atoms with E-state index in [1.165, 1.54) is 10.5 Å². The van der Waals surface area contributed by atoms with E-state index in [1.54, 1.807) is 0 Å². The highest BCUT2D eigenvalue weighted by Gasteiger charge is 2.11. The van der Waals surface area contributed by atoms with E-state index in [4.69, 9.17) is 0 Å². The van der Waals surface area contributed by atoms with Crippen LogP contribution >= 0.6 is 11.8 Å². The molecule has 0 aliphatic heterocycles. The highest BCUT2D eigenvalue weighted by atomic mass is 32.2. The fourth-order valence-corrected chi connectivity index (χ4v) is 2.73. The maximum absolute atomic E-state index is 9.67. The molecule has 1 aromatic rings. The van der Waals surface area contributed by atoms with Crippen molar-refractivity contribution in [3.8, 4) is 0 Å². The summed E-state index contributed by atoms with van der Waals surface area (Å²) in [6.45, 7) is 8.94. The third-order valence-corrected chi connectivity index (χ3v) is 3.59. The van der Waals surface area contributed by atoms with Crippen molar-refractivity contribution in [3.63, 3.8) is 0 Å². The van der Waals surface area contributed by atoms with E-state index in [-0.39, 0.29) is 0 Å². The fraction of sp³-hybridized carbons (Fsp3) is 0.600. The average molecular weight is 267 g/mol. The number of benzene rings is 1. The second-order valence-corrected chi connectivity index (χ2v) is 6.76. The smallest absolute Gasteiger partial charge is 0.0599 e. The van der Waals surface area contributed by atoms with Crippen molar-refractivity contribution < 1.29 is 5.11 Å². The van der Waals surface area contributed by atoms with Crippen LogP contribution in [0.2, 0.25) is 0 Å². The molecular weight excluding hydrogens is 242 g/mol. The van der Waals surface area contributed by atoms with Crippen LogP contribution in [0.3, 0.4) is 0 Å². The molecule has 3 heteroatoms. The number of aliphatic hydroxyl groups is 1. The normalized spacial score (nSPS) is 12.1. The van der Waals surface area contributed by atoms with Gasteiger partial charge in [0.2, 0.25) is 0 Å². The molecule has 0 saturated carbocycles. The van der Waals surface area contributed by atoms with Gasteiger partial charge >= 0.3 is 0 Å². The standard InChI is InChI=1S/C15H25NOS/c1-12(2)16-11-13-6-5-7-14(10-13)18-9-8-15(3,4)17/h5-7,10,12,16-17H,8-9,11H2,1-4H3. The lowest BCUT2D eigenvalue weighted by Crippen LogP contribution is -2.21. The lowest BCUT2D eigenvalue weighted by molar-refractivity contribution is 0.0778. The maximum atomic E-state index is 9.67. The van der Waals surface area contributed by atoms with E-state index in [0.717, 1.165) is 18.7 Å². The van der Waals surface area contributed by atoms with Crippen LogP contribution in [-0.4, -0.2) is 22.5 Å². The SMILES string of the molecule is CC(C)NCc1cccc(SCCC(C)(C)O)c1. The van der Waals surface area contributed by atoms with E-state index in [0.29, 0.717) is 6.04 Å². The lowest BCUT2D eigenvalue weighted by atomic mass is 10.1. The first kappa shape index (κ1) is 15.5. The zero-order chi connectivity index (χ0) is 13.6. The Balaban J connectivity index is 2.44. The van der Waals surface area contributed by atoms with E-state index >= 15 is 0 Å². The summed E-state index contributed by atoms with van der Waals surface area (Å²) in [6.07, 6.45) is 0.812. The van der Waals surface area contributed by atoms with Crippen LogP contribution < -0.4 is 5.32 Å². The van der Waals surface area contributed by atoms with Crippen LogP contribution in [0.1, 0.15) is 39.7 Å². The maximum Gasteiger partial charge on any atom is 0.0599 e. The summed E-state index contributed by atoms with van der Waals surface area (Å²) in [7, 11) is 0.